The molecule has 0 saturated carbocycles. The lowest BCUT2D eigenvalue weighted by Gasteiger charge is -2.23. The Morgan fingerprint density at radius 3 is 2.42 bits per heavy atom. The predicted molar refractivity (Wildman–Crippen MR) is 81.7 cm³/mol. The van der Waals surface area contributed by atoms with Crippen LogP contribution < -0.4 is 10.2 Å². The summed E-state index contributed by atoms with van der Waals surface area (Å²) in [6.07, 6.45) is 0.515. The van der Waals surface area contributed by atoms with Crippen molar-refractivity contribution >= 4 is 11.6 Å². The summed E-state index contributed by atoms with van der Waals surface area (Å²) in [6, 6.07) is 6.16. The molecule has 106 valence electrons. The molecule has 0 saturated heterocycles. The topological polar surface area (TPSA) is 32.3 Å². The first-order valence-electron chi connectivity index (χ1n) is 6.79. The molecule has 0 atom stereocenters. The number of carbonyl (C=O) groups excluding carboxylic acids is 1. The van der Waals surface area contributed by atoms with Crippen molar-refractivity contribution in [3.05, 3.63) is 29.3 Å². The largest absolute Gasteiger partial charge is 0.315 e. The van der Waals surface area contributed by atoms with Crippen LogP contribution in [0.3, 0.4) is 0 Å². The molecule has 0 heterocycles. The number of anilines is 1. The molecule has 0 fully saturated rings. The highest BCUT2D eigenvalue weighted by molar-refractivity contribution is 5.93. The van der Waals surface area contributed by atoms with Gasteiger partial charge in [0.2, 0.25) is 5.91 Å². The lowest BCUT2D eigenvalue weighted by molar-refractivity contribution is -0.118. The van der Waals surface area contributed by atoms with Crippen LogP contribution in [0.5, 0.6) is 0 Å². The number of aryl methyl sites for hydroxylation is 2. The molecule has 1 N–H and O–H groups in total. The van der Waals surface area contributed by atoms with Crippen molar-refractivity contribution in [2.75, 3.05) is 18.5 Å². The Balaban J connectivity index is 2.62. The number of rotatable bonds is 4. The molecule has 0 aliphatic rings. The average molecular weight is 262 g/mol. The fourth-order valence-electron chi connectivity index (χ4n) is 2.03. The monoisotopic (exact) mass is 262 g/mol. The standard InChI is InChI=1S/C16H26N2O/c1-12-7-8-14(13(2)11-12)18(6)15(19)9-10-17-16(3,4)5/h7-8,11,17H,9-10H2,1-6H3. The van der Waals surface area contributed by atoms with Gasteiger partial charge in [-0.3, -0.25) is 4.79 Å². The minimum Gasteiger partial charge on any atom is -0.315 e. The van der Waals surface area contributed by atoms with Gasteiger partial charge in [-0.25, -0.2) is 0 Å². The van der Waals surface area contributed by atoms with E-state index in [-0.39, 0.29) is 11.4 Å². The van der Waals surface area contributed by atoms with E-state index in [1.807, 2.05) is 26.1 Å². The van der Waals surface area contributed by atoms with Crippen molar-refractivity contribution in [3.63, 3.8) is 0 Å². The van der Waals surface area contributed by atoms with Crippen molar-refractivity contribution < 1.29 is 4.79 Å². The first kappa shape index (κ1) is 15.7. The van der Waals surface area contributed by atoms with Crippen LogP contribution in [0.4, 0.5) is 5.69 Å². The number of nitrogens with zero attached hydrogens (tertiary/aromatic N) is 1. The Morgan fingerprint density at radius 1 is 1.26 bits per heavy atom. The van der Waals surface area contributed by atoms with Crippen LogP contribution in [-0.2, 0) is 4.79 Å². The SMILES string of the molecule is Cc1ccc(N(C)C(=O)CCNC(C)(C)C)c(C)c1. The Labute approximate surface area is 117 Å². The fourth-order valence-corrected chi connectivity index (χ4v) is 2.03. The van der Waals surface area contributed by atoms with Gasteiger partial charge in [-0.1, -0.05) is 17.7 Å². The molecule has 0 aromatic heterocycles. The van der Waals surface area contributed by atoms with Gasteiger partial charge in [-0.2, -0.15) is 0 Å². The van der Waals surface area contributed by atoms with E-state index in [4.69, 9.17) is 0 Å². The number of amides is 1. The molecule has 0 unspecified atom stereocenters. The summed E-state index contributed by atoms with van der Waals surface area (Å²) in [5.41, 5.74) is 3.40. The van der Waals surface area contributed by atoms with Crippen molar-refractivity contribution in [1.82, 2.24) is 5.32 Å². The molecule has 1 aromatic carbocycles. The van der Waals surface area contributed by atoms with Gasteiger partial charge >= 0.3 is 0 Å². The summed E-state index contributed by atoms with van der Waals surface area (Å²) in [4.78, 5) is 13.9. The second kappa shape index (κ2) is 6.20. The van der Waals surface area contributed by atoms with Gasteiger partial charge in [0.05, 0.1) is 0 Å². The second-order valence-electron chi connectivity index (χ2n) is 6.17. The molecule has 1 amide bonds. The normalized spacial score (nSPS) is 11.5. The highest BCUT2D eigenvalue weighted by Gasteiger charge is 2.14. The summed E-state index contributed by atoms with van der Waals surface area (Å²) < 4.78 is 0. The van der Waals surface area contributed by atoms with Gasteiger partial charge in [0.1, 0.15) is 0 Å². The second-order valence-corrected chi connectivity index (χ2v) is 6.17. The Kier molecular flexibility index (Phi) is 5.12. The summed E-state index contributed by atoms with van der Waals surface area (Å²) in [6.45, 7) is 11.1. The van der Waals surface area contributed by atoms with E-state index in [1.54, 1.807) is 4.90 Å². The third kappa shape index (κ3) is 5.03. The summed E-state index contributed by atoms with van der Waals surface area (Å²) in [5, 5.41) is 3.34. The zero-order valence-corrected chi connectivity index (χ0v) is 13.0. The highest BCUT2D eigenvalue weighted by atomic mass is 16.2. The number of carbonyl (C=O) groups is 1. The van der Waals surface area contributed by atoms with E-state index in [9.17, 15) is 4.79 Å². The molecule has 0 aliphatic heterocycles. The van der Waals surface area contributed by atoms with Crippen LogP contribution in [0.15, 0.2) is 18.2 Å². The smallest absolute Gasteiger partial charge is 0.228 e. The highest BCUT2D eigenvalue weighted by Crippen LogP contribution is 2.20. The maximum atomic E-state index is 12.2. The van der Waals surface area contributed by atoms with Crippen LogP contribution in [0.25, 0.3) is 0 Å². The van der Waals surface area contributed by atoms with Crippen molar-refractivity contribution in [2.24, 2.45) is 0 Å². The van der Waals surface area contributed by atoms with Gasteiger partial charge in [0.25, 0.3) is 0 Å². The number of nitrogens with one attached hydrogen (secondary N) is 1. The quantitative estimate of drug-likeness (QED) is 0.904. The zero-order chi connectivity index (χ0) is 14.6. The van der Waals surface area contributed by atoms with E-state index in [0.717, 1.165) is 11.3 Å². The van der Waals surface area contributed by atoms with Gasteiger partial charge < -0.3 is 10.2 Å². The minimum atomic E-state index is 0.0542. The van der Waals surface area contributed by atoms with Crippen LogP contribution in [0.2, 0.25) is 0 Å². The molecule has 1 aromatic rings. The lowest BCUT2D eigenvalue weighted by atomic mass is 10.1. The fraction of sp³-hybridized carbons (Fsp3) is 0.562. The van der Waals surface area contributed by atoms with Crippen LogP contribution >= 0.6 is 0 Å². The van der Waals surface area contributed by atoms with Crippen LogP contribution in [0.1, 0.15) is 38.3 Å². The molecular weight excluding hydrogens is 236 g/mol. The number of benzene rings is 1. The maximum Gasteiger partial charge on any atom is 0.228 e. The third-order valence-electron chi connectivity index (χ3n) is 3.08. The van der Waals surface area contributed by atoms with Crippen molar-refractivity contribution in [2.45, 2.75) is 46.6 Å². The van der Waals surface area contributed by atoms with E-state index in [1.165, 1.54) is 5.56 Å². The van der Waals surface area contributed by atoms with Gasteiger partial charge in [0.15, 0.2) is 0 Å². The van der Waals surface area contributed by atoms with E-state index < -0.39 is 0 Å². The molecule has 0 aliphatic carbocycles. The van der Waals surface area contributed by atoms with Gasteiger partial charge in [0, 0.05) is 31.2 Å². The van der Waals surface area contributed by atoms with Gasteiger partial charge in [-0.15, -0.1) is 0 Å². The average Bonchev–Trinajstić information content (AvgIpc) is 2.26. The molecule has 1 rings (SSSR count). The zero-order valence-electron chi connectivity index (χ0n) is 13.0. The number of hydrogen-bond acceptors (Lipinski definition) is 2. The summed E-state index contributed by atoms with van der Waals surface area (Å²) in [7, 11) is 1.84. The lowest BCUT2D eigenvalue weighted by Crippen LogP contribution is -2.39. The summed E-state index contributed by atoms with van der Waals surface area (Å²) in [5.74, 6) is 0.142. The van der Waals surface area contributed by atoms with Crippen molar-refractivity contribution in [3.8, 4) is 0 Å². The summed E-state index contributed by atoms with van der Waals surface area (Å²) >= 11 is 0. The molecule has 0 spiro atoms. The first-order chi connectivity index (χ1) is 8.70. The Hall–Kier alpha value is -1.35. The molecule has 3 heteroatoms. The maximum absolute atomic E-state index is 12.2. The van der Waals surface area contributed by atoms with E-state index in [2.05, 4.69) is 39.1 Å². The Bertz CT molecular complexity index is 447. The van der Waals surface area contributed by atoms with E-state index >= 15 is 0 Å². The number of hydrogen-bond donors (Lipinski definition) is 1. The van der Waals surface area contributed by atoms with Crippen LogP contribution in [-0.4, -0.2) is 25.0 Å². The molecule has 19 heavy (non-hydrogen) atoms. The van der Waals surface area contributed by atoms with Crippen LogP contribution in [0, 0.1) is 13.8 Å². The van der Waals surface area contributed by atoms with E-state index in [0.29, 0.717) is 13.0 Å². The Morgan fingerprint density at radius 2 is 1.89 bits per heavy atom. The molecular formula is C16H26N2O. The van der Waals surface area contributed by atoms with Gasteiger partial charge in [-0.05, 0) is 46.2 Å². The molecule has 0 bridgehead atoms. The van der Waals surface area contributed by atoms with Crippen molar-refractivity contribution in [1.29, 1.82) is 0 Å². The minimum absolute atomic E-state index is 0.0542. The molecule has 0 radical (unpaired) electrons. The third-order valence-corrected chi connectivity index (χ3v) is 3.08. The molecule has 3 nitrogen and oxygen atoms in total. The predicted octanol–water partition coefficient (Wildman–Crippen LogP) is 3.04. The first-order valence-corrected chi connectivity index (χ1v) is 6.79.